The number of amides is 2. The number of primary amides is 1. The Morgan fingerprint density at radius 3 is 2.53 bits per heavy atom. The molecule has 2 N–H and O–H groups in total. The summed E-state index contributed by atoms with van der Waals surface area (Å²) in [5, 5.41) is 0. The fourth-order valence-electron chi connectivity index (χ4n) is 3.90. The second kappa shape index (κ2) is 8.88. The number of carbonyl (C=O) groups is 2. The van der Waals surface area contributed by atoms with Gasteiger partial charge < -0.3 is 15.4 Å². The van der Waals surface area contributed by atoms with Gasteiger partial charge in [-0.3, -0.25) is 14.6 Å². The fraction of sp³-hybridized carbons (Fsp3) is 0.280. The molecule has 0 radical (unpaired) electrons. The molecule has 7 nitrogen and oxygen atoms in total. The molecular weight excluding hydrogens is 404 g/mol. The number of aryl methyl sites for hydroxylation is 2. The first-order chi connectivity index (χ1) is 15.4. The Morgan fingerprint density at radius 1 is 1.06 bits per heavy atom. The molecule has 3 aromatic rings. The Morgan fingerprint density at radius 2 is 1.84 bits per heavy atom. The summed E-state index contributed by atoms with van der Waals surface area (Å²) >= 11 is 0. The first-order valence-electron chi connectivity index (χ1n) is 10.5. The van der Waals surface area contributed by atoms with E-state index < -0.39 is 11.5 Å². The van der Waals surface area contributed by atoms with Gasteiger partial charge in [0.1, 0.15) is 5.69 Å². The highest BCUT2D eigenvalue weighted by atomic mass is 16.5. The molecule has 2 amide bonds. The van der Waals surface area contributed by atoms with Gasteiger partial charge in [0.05, 0.1) is 25.0 Å². The maximum atomic E-state index is 13.0. The minimum absolute atomic E-state index is 0.0610. The zero-order valence-electron chi connectivity index (χ0n) is 18.2. The lowest BCUT2D eigenvalue weighted by atomic mass is 9.90. The average molecular weight is 431 g/mol. The summed E-state index contributed by atoms with van der Waals surface area (Å²) in [6.07, 6.45) is 3.26. The van der Waals surface area contributed by atoms with Crippen molar-refractivity contribution < 1.29 is 14.3 Å². The Hall–Kier alpha value is -3.58. The van der Waals surface area contributed by atoms with Crippen LogP contribution in [0, 0.1) is 13.8 Å². The third-order valence-electron chi connectivity index (χ3n) is 5.72. The minimum atomic E-state index is -1.31. The van der Waals surface area contributed by atoms with Crippen molar-refractivity contribution in [1.29, 1.82) is 0 Å². The van der Waals surface area contributed by atoms with Gasteiger partial charge in [-0.1, -0.05) is 54.1 Å². The summed E-state index contributed by atoms with van der Waals surface area (Å²) in [5.41, 5.74) is 9.69. The van der Waals surface area contributed by atoms with Crippen molar-refractivity contribution in [1.82, 2.24) is 14.9 Å². The summed E-state index contributed by atoms with van der Waals surface area (Å²) in [4.78, 5) is 35.4. The van der Waals surface area contributed by atoms with E-state index in [2.05, 4.69) is 34.2 Å². The maximum absolute atomic E-state index is 13.0. The standard InChI is InChI=1S/C25H26N4O3/c1-17-6-8-20(9-7-17)21-5-3-4-19(12-21)13-25(24(26)31)16-29(10-11-32-25)23(30)22-15-27-18(2)14-28-22/h3-9,12,14-15H,10-11,13,16H2,1-2H3,(H2,26,31)/t25-/m0/s1. The highest BCUT2D eigenvalue weighted by molar-refractivity contribution is 5.93. The number of hydrogen-bond donors (Lipinski definition) is 1. The first kappa shape index (κ1) is 21.6. The van der Waals surface area contributed by atoms with Crippen LogP contribution in [0.5, 0.6) is 0 Å². The van der Waals surface area contributed by atoms with Gasteiger partial charge in [0.15, 0.2) is 5.60 Å². The van der Waals surface area contributed by atoms with Crippen molar-refractivity contribution in [3.63, 3.8) is 0 Å². The molecule has 2 aromatic carbocycles. The lowest BCUT2D eigenvalue weighted by molar-refractivity contribution is -0.153. The van der Waals surface area contributed by atoms with E-state index in [1.165, 1.54) is 11.8 Å². The molecule has 1 aliphatic heterocycles. The number of nitrogens with zero attached hydrogens (tertiary/aromatic N) is 3. The number of aromatic nitrogens is 2. The fourth-order valence-corrected chi connectivity index (χ4v) is 3.90. The highest BCUT2D eigenvalue weighted by Gasteiger charge is 2.44. The molecule has 4 rings (SSSR count). The molecule has 1 aromatic heterocycles. The Balaban J connectivity index is 1.58. The highest BCUT2D eigenvalue weighted by Crippen LogP contribution is 2.27. The average Bonchev–Trinajstić information content (AvgIpc) is 2.80. The SMILES string of the molecule is Cc1ccc(-c2cccc(C[C@@]3(C(N)=O)CN(C(=O)c4cnc(C)cn4)CCO3)c2)cc1. The van der Waals surface area contributed by atoms with E-state index in [0.717, 1.165) is 22.4 Å². The molecule has 2 heterocycles. The Kier molecular flexibility index (Phi) is 6.01. The lowest BCUT2D eigenvalue weighted by Gasteiger charge is -2.40. The minimum Gasteiger partial charge on any atom is -0.367 e. The lowest BCUT2D eigenvalue weighted by Crippen LogP contribution is -2.61. The molecule has 1 saturated heterocycles. The zero-order valence-corrected chi connectivity index (χ0v) is 18.2. The molecule has 0 bridgehead atoms. The van der Waals surface area contributed by atoms with Crippen molar-refractivity contribution >= 4 is 11.8 Å². The van der Waals surface area contributed by atoms with Crippen LogP contribution in [0.3, 0.4) is 0 Å². The third-order valence-corrected chi connectivity index (χ3v) is 5.72. The van der Waals surface area contributed by atoms with E-state index >= 15 is 0 Å². The number of benzene rings is 2. The van der Waals surface area contributed by atoms with E-state index in [-0.39, 0.29) is 31.2 Å². The van der Waals surface area contributed by atoms with Crippen LogP contribution in [0.15, 0.2) is 60.9 Å². The van der Waals surface area contributed by atoms with Gasteiger partial charge in [-0.05, 0) is 30.5 Å². The molecule has 0 spiro atoms. The summed E-state index contributed by atoms with van der Waals surface area (Å²) in [7, 11) is 0. The molecule has 0 unspecified atom stereocenters. The van der Waals surface area contributed by atoms with Crippen molar-refractivity contribution in [2.45, 2.75) is 25.9 Å². The van der Waals surface area contributed by atoms with E-state index in [0.29, 0.717) is 6.54 Å². The van der Waals surface area contributed by atoms with Gasteiger partial charge in [0.2, 0.25) is 0 Å². The molecule has 32 heavy (non-hydrogen) atoms. The maximum Gasteiger partial charge on any atom is 0.274 e. The molecule has 1 atom stereocenters. The van der Waals surface area contributed by atoms with E-state index in [9.17, 15) is 9.59 Å². The van der Waals surface area contributed by atoms with Gasteiger partial charge >= 0.3 is 0 Å². The summed E-state index contributed by atoms with van der Waals surface area (Å²) in [6, 6.07) is 16.2. The van der Waals surface area contributed by atoms with Crippen molar-refractivity contribution in [2.75, 3.05) is 19.7 Å². The van der Waals surface area contributed by atoms with Crippen LogP contribution >= 0.6 is 0 Å². The van der Waals surface area contributed by atoms with Gasteiger partial charge in [-0.2, -0.15) is 0 Å². The van der Waals surface area contributed by atoms with Crippen LogP contribution < -0.4 is 5.73 Å². The first-order valence-corrected chi connectivity index (χ1v) is 10.5. The normalized spacial score (nSPS) is 18.4. The zero-order chi connectivity index (χ0) is 22.7. The summed E-state index contributed by atoms with van der Waals surface area (Å²) in [5.74, 6) is -0.884. The number of rotatable bonds is 5. The predicted octanol–water partition coefficient (Wildman–Crippen LogP) is 2.70. The quantitative estimate of drug-likeness (QED) is 0.671. The molecule has 0 saturated carbocycles. The van der Waals surface area contributed by atoms with Crippen molar-refractivity contribution in [2.24, 2.45) is 5.73 Å². The van der Waals surface area contributed by atoms with E-state index in [1.807, 2.05) is 31.2 Å². The van der Waals surface area contributed by atoms with Crippen LogP contribution in [0.2, 0.25) is 0 Å². The summed E-state index contributed by atoms with van der Waals surface area (Å²) in [6.45, 7) is 4.48. The van der Waals surface area contributed by atoms with Crippen LogP contribution in [-0.2, 0) is 16.0 Å². The van der Waals surface area contributed by atoms with Crippen molar-refractivity contribution in [3.05, 3.63) is 83.4 Å². The van der Waals surface area contributed by atoms with Crippen LogP contribution in [0.25, 0.3) is 11.1 Å². The molecular formula is C25H26N4O3. The van der Waals surface area contributed by atoms with Crippen LogP contribution in [0.4, 0.5) is 0 Å². The number of ether oxygens (including phenoxy) is 1. The second-order valence-electron chi connectivity index (χ2n) is 8.22. The molecule has 7 heteroatoms. The van der Waals surface area contributed by atoms with E-state index in [4.69, 9.17) is 10.5 Å². The second-order valence-corrected chi connectivity index (χ2v) is 8.22. The Labute approximate surface area is 187 Å². The number of nitrogens with two attached hydrogens (primary N) is 1. The van der Waals surface area contributed by atoms with Gasteiger partial charge in [0, 0.05) is 19.2 Å². The smallest absolute Gasteiger partial charge is 0.274 e. The van der Waals surface area contributed by atoms with Crippen LogP contribution in [-0.4, -0.2) is 52.0 Å². The topological polar surface area (TPSA) is 98.4 Å². The predicted molar refractivity (Wildman–Crippen MR) is 121 cm³/mol. The Bertz CT molecular complexity index is 1130. The largest absolute Gasteiger partial charge is 0.367 e. The number of carbonyl (C=O) groups excluding carboxylic acids is 2. The monoisotopic (exact) mass is 430 g/mol. The summed E-state index contributed by atoms with van der Waals surface area (Å²) < 4.78 is 5.92. The van der Waals surface area contributed by atoms with Crippen LogP contribution in [0.1, 0.15) is 27.3 Å². The van der Waals surface area contributed by atoms with Gasteiger partial charge in [-0.15, -0.1) is 0 Å². The number of morpholine rings is 1. The number of hydrogen-bond acceptors (Lipinski definition) is 5. The van der Waals surface area contributed by atoms with Gasteiger partial charge in [0.25, 0.3) is 11.8 Å². The van der Waals surface area contributed by atoms with E-state index in [1.54, 1.807) is 18.0 Å². The molecule has 0 aliphatic carbocycles. The molecule has 1 aliphatic rings. The molecule has 164 valence electrons. The van der Waals surface area contributed by atoms with Crippen molar-refractivity contribution in [3.8, 4) is 11.1 Å². The van der Waals surface area contributed by atoms with Gasteiger partial charge in [-0.25, -0.2) is 4.98 Å². The third kappa shape index (κ3) is 4.53. The molecule has 1 fully saturated rings.